The number of hydrogen-bond donors (Lipinski definition) is 1. The van der Waals surface area contributed by atoms with Gasteiger partial charge in [0, 0.05) is 18.2 Å². The molecular weight excluding hydrogens is 272 g/mol. The Morgan fingerprint density at radius 1 is 1.45 bits per heavy atom. The summed E-state index contributed by atoms with van der Waals surface area (Å²) in [6, 6.07) is 0.0537. The highest BCUT2D eigenvalue weighted by Gasteiger charge is 2.53. The average molecular weight is 296 g/mol. The first-order valence-electron chi connectivity index (χ1n) is 7.76. The van der Waals surface area contributed by atoms with Crippen LogP contribution in [0.2, 0.25) is 0 Å². The molecule has 0 aromatic heterocycles. The van der Waals surface area contributed by atoms with Crippen LogP contribution in [0.5, 0.6) is 0 Å². The van der Waals surface area contributed by atoms with E-state index in [1.54, 1.807) is 11.8 Å². The van der Waals surface area contributed by atoms with E-state index >= 15 is 0 Å². The fourth-order valence-corrected chi connectivity index (χ4v) is 5.31. The van der Waals surface area contributed by atoms with E-state index in [1.165, 1.54) is 12.8 Å². The lowest BCUT2D eigenvalue weighted by atomic mass is 9.87. The Morgan fingerprint density at radius 3 is 3.00 bits per heavy atom. The highest BCUT2D eigenvalue weighted by Crippen LogP contribution is 2.47. The fourth-order valence-electron chi connectivity index (χ4n) is 3.88. The smallest absolute Gasteiger partial charge is 0.243 e. The summed E-state index contributed by atoms with van der Waals surface area (Å²) in [4.78, 5) is 26.3. The van der Waals surface area contributed by atoms with Crippen LogP contribution in [0.1, 0.15) is 52.4 Å². The highest BCUT2D eigenvalue weighted by atomic mass is 32.2. The second-order valence-corrected chi connectivity index (χ2v) is 8.24. The van der Waals surface area contributed by atoms with Gasteiger partial charge in [0.15, 0.2) is 0 Å². The van der Waals surface area contributed by atoms with Crippen LogP contribution in [-0.4, -0.2) is 39.4 Å². The van der Waals surface area contributed by atoms with Crippen LogP contribution in [0, 0.1) is 5.92 Å². The predicted octanol–water partition coefficient (Wildman–Crippen LogP) is 2.14. The van der Waals surface area contributed by atoms with Gasteiger partial charge in [-0.25, -0.2) is 0 Å². The van der Waals surface area contributed by atoms with Gasteiger partial charge in [-0.2, -0.15) is 0 Å². The first-order valence-corrected chi connectivity index (χ1v) is 8.75. The van der Waals surface area contributed by atoms with E-state index in [4.69, 9.17) is 0 Å². The Morgan fingerprint density at radius 2 is 2.25 bits per heavy atom. The molecule has 0 aromatic carbocycles. The maximum Gasteiger partial charge on any atom is 0.243 e. The Balaban J connectivity index is 1.64. The largest absolute Gasteiger partial charge is 0.352 e. The van der Waals surface area contributed by atoms with Gasteiger partial charge in [0.25, 0.3) is 0 Å². The van der Waals surface area contributed by atoms with E-state index in [0.717, 1.165) is 25.0 Å². The van der Waals surface area contributed by atoms with Crippen LogP contribution in [-0.2, 0) is 9.59 Å². The van der Waals surface area contributed by atoms with Crippen molar-refractivity contribution < 1.29 is 9.59 Å². The molecule has 1 aliphatic carbocycles. The minimum Gasteiger partial charge on any atom is -0.352 e. The molecule has 112 valence electrons. The number of nitrogens with zero attached hydrogens (tertiary/aromatic N) is 1. The molecule has 2 saturated heterocycles. The van der Waals surface area contributed by atoms with Crippen LogP contribution in [0.15, 0.2) is 0 Å². The number of thioether (sulfide) groups is 1. The third kappa shape index (κ3) is 2.45. The minimum atomic E-state index is -0.253. The van der Waals surface area contributed by atoms with Gasteiger partial charge in [-0.05, 0) is 32.1 Å². The summed E-state index contributed by atoms with van der Waals surface area (Å²) in [5.41, 5.74) is 0. The molecule has 20 heavy (non-hydrogen) atoms. The highest BCUT2D eigenvalue weighted by molar-refractivity contribution is 8.01. The number of nitrogens with one attached hydrogen (secondary N) is 1. The molecule has 2 aliphatic heterocycles. The third-order valence-electron chi connectivity index (χ3n) is 5.03. The number of amides is 2. The molecule has 5 heteroatoms. The Bertz CT molecular complexity index is 428. The van der Waals surface area contributed by atoms with E-state index in [2.05, 4.69) is 19.2 Å². The summed E-state index contributed by atoms with van der Waals surface area (Å²) in [5, 5.41) is 3.20. The van der Waals surface area contributed by atoms with Crippen LogP contribution in [0.25, 0.3) is 0 Å². The number of carbonyl (C=O) groups is 2. The van der Waals surface area contributed by atoms with Gasteiger partial charge >= 0.3 is 0 Å². The third-order valence-corrected chi connectivity index (χ3v) is 6.54. The molecule has 1 saturated carbocycles. The van der Waals surface area contributed by atoms with Crippen molar-refractivity contribution in [1.82, 2.24) is 10.2 Å². The number of hydrogen-bond acceptors (Lipinski definition) is 3. The molecule has 0 radical (unpaired) electrons. The maximum absolute atomic E-state index is 12.5. The second kappa shape index (κ2) is 5.24. The van der Waals surface area contributed by atoms with Crippen LogP contribution in [0.3, 0.4) is 0 Å². The number of fused-ring (bicyclic) bond motifs is 1. The molecule has 0 spiro atoms. The molecule has 3 rings (SSSR count). The Hall–Kier alpha value is -0.710. The van der Waals surface area contributed by atoms with Gasteiger partial charge in [-0.1, -0.05) is 19.8 Å². The van der Waals surface area contributed by atoms with E-state index < -0.39 is 0 Å². The SMILES string of the molecule is CC1CCCC(NC(=O)C2CSC3(C)CCC(=O)N23)C1. The summed E-state index contributed by atoms with van der Waals surface area (Å²) in [7, 11) is 0. The van der Waals surface area contributed by atoms with Gasteiger partial charge in [-0.15, -0.1) is 11.8 Å². The van der Waals surface area contributed by atoms with Crippen LogP contribution >= 0.6 is 11.8 Å². The first kappa shape index (κ1) is 14.2. The van der Waals surface area contributed by atoms with Crippen molar-refractivity contribution in [3.63, 3.8) is 0 Å². The zero-order valence-electron chi connectivity index (χ0n) is 12.4. The minimum absolute atomic E-state index is 0.0653. The van der Waals surface area contributed by atoms with Gasteiger partial charge in [-0.3, -0.25) is 9.59 Å². The molecule has 0 aromatic rings. The molecular formula is C15H24N2O2S. The molecule has 2 amide bonds. The van der Waals surface area contributed by atoms with Crippen LogP contribution < -0.4 is 5.32 Å². The second-order valence-electron chi connectivity index (χ2n) is 6.74. The van der Waals surface area contributed by atoms with Crippen LogP contribution in [0.4, 0.5) is 0 Å². The lowest BCUT2D eigenvalue weighted by Gasteiger charge is -2.32. The average Bonchev–Trinajstić information content (AvgIpc) is 2.87. The van der Waals surface area contributed by atoms with Crippen molar-refractivity contribution in [3.8, 4) is 0 Å². The first-order chi connectivity index (χ1) is 9.49. The Labute approximate surface area is 125 Å². The molecule has 4 unspecified atom stereocenters. The normalized spacial score (nSPS) is 40.8. The molecule has 4 atom stereocenters. The lowest BCUT2D eigenvalue weighted by molar-refractivity contribution is -0.138. The standard InChI is InChI=1S/C15H24N2O2S/c1-10-4-3-5-11(8-10)16-14(19)12-9-20-15(2)7-6-13(18)17(12)15/h10-12H,3-9H2,1-2H3,(H,16,19). The summed E-state index contributed by atoms with van der Waals surface area (Å²) in [6.45, 7) is 4.35. The monoisotopic (exact) mass is 296 g/mol. The van der Waals surface area contributed by atoms with Gasteiger partial charge in [0.2, 0.25) is 11.8 Å². The summed E-state index contributed by atoms with van der Waals surface area (Å²) in [6.07, 6.45) is 6.10. The van der Waals surface area contributed by atoms with Crippen molar-refractivity contribution >= 4 is 23.6 Å². The Kier molecular flexibility index (Phi) is 3.73. The number of rotatable bonds is 2. The maximum atomic E-state index is 12.5. The van der Waals surface area contributed by atoms with Crippen molar-refractivity contribution in [3.05, 3.63) is 0 Å². The zero-order chi connectivity index (χ0) is 14.3. The quantitative estimate of drug-likeness (QED) is 0.849. The van der Waals surface area contributed by atoms with Gasteiger partial charge in [0.05, 0.1) is 4.87 Å². The van der Waals surface area contributed by atoms with Crippen molar-refractivity contribution in [1.29, 1.82) is 0 Å². The van der Waals surface area contributed by atoms with Crippen molar-refractivity contribution in [2.24, 2.45) is 5.92 Å². The lowest BCUT2D eigenvalue weighted by Crippen LogP contribution is -2.52. The molecule has 2 heterocycles. The van der Waals surface area contributed by atoms with E-state index in [0.29, 0.717) is 18.4 Å². The van der Waals surface area contributed by atoms with E-state index in [1.807, 2.05) is 4.90 Å². The molecule has 3 fully saturated rings. The fraction of sp³-hybridized carbons (Fsp3) is 0.867. The van der Waals surface area contributed by atoms with Gasteiger partial charge < -0.3 is 10.2 Å². The van der Waals surface area contributed by atoms with E-state index in [9.17, 15) is 9.59 Å². The summed E-state index contributed by atoms with van der Waals surface area (Å²) in [5.74, 6) is 1.66. The van der Waals surface area contributed by atoms with Gasteiger partial charge in [0.1, 0.15) is 6.04 Å². The summed E-state index contributed by atoms with van der Waals surface area (Å²) < 4.78 is 0. The van der Waals surface area contributed by atoms with Crippen molar-refractivity contribution in [2.45, 2.75) is 69.3 Å². The zero-order valence-corrected chi connectivity index (χ0v) is 13.2. The van der Waals surface area contributed by atoms with Crippen molar-refractivity contribution in [2.75, 3.05) is 5.75 Å². The molecule has 1 N–H and O–H groups in total. The predicted molar refractivity (Wildman–Crippen MR) is 80.3 cm³/mol. The summed E-state index contributed by atoms with van der Waals surface area (Å²) >= 11 is 1.76. The molecule has 4 nitrogen and oxygen atoms in total. The molecule has 0 bridgehead atoms. The molecule has 3 aliphatic rings. The van der Waals surface area contributed by atoms with E-state index in [-0.39, 0.29) is 22.7 Å². The topological polar surface area (TPSA) is 49.4 Å². The number of carbonyl (C=O) groups excluding carboxylic acids is 2.